The molecule has 0 aromatic heterocycles. The highest BCUT2D eigenvalue weighted by Crippen LogP contribution is 2.30. The lowest BCUT2D eigenvalue weighted by molar-refractivity contribution is -0.137. The second-order valence-corrected chi connectivity index (χ2v) is 6.28. The summed E-state index contributed by atoms with van der Waals surface area (Å²) in [6.45, 7) is 4.91. The number of nitrogens with zero attached hydrogens (tertiary/aromatic N) is 1. The normalized spacial score (nSPS) is 31.4. The molecule has 0 aliphatic carbocycles. The second kappa shape index (κ2) is 5.68. The molecule has 0 spiro atoms. The Kier molecular flexibility index (Phi) is 3.89. The van der Waals surface area contributed by atoms with Crippen LogP contribution in [0.15, 0.2) is 24.3 Å². The summed E-state index contributed by atoms with van der Waals surface area (Å²) in [6.07, 6.45) is 1.89. The second-order valence-electron chi connectivity index (χ2n) is 6.28. The van der Waals surface area contributed by atoms with Gasteiger partial charge in [0.2, 0.25) is 5.91 Å². The molecule has 0 radical (unpaired) electrons. The van der Waals surface area contributed by atoms with Crippen molar-refractivity contribution in [3.05, 3.63) is 29.8 Å². The Balaban J connectivity index is 1.76. The molecule has 2 heterocycles. The van der Waals surface area contributed by atoms with Crippen LogP contribution >= 0.6 is 0 Å². The van der Waals surface area contributed by atoms with Gasteiger partial charge in [-0.3, -0.25) is 4.79 Å². The highest BCUT2D eigenvalue weighted by atomic mass is 16.5. The van der Waals surface area contributed by atoms with Crippen LogP contribution < -0.4 is 5.32 Å². The predicted octanol–water partition coefficient (Wildman–Crippen LogP) is 2.30. The maximum atomic E-state index is 12.9. The van der Waals surface area contributed by atoms with Crippen molar-refractivity contribution >= 4 is 11.6 Å². The van der Waals surface area contributed by atoms with Crippen LogP contribution in [-0.2, 0) is 16.0 Å². The lowest BCUT2D eigenvalue weighted by atomic mass is 9.86. The number of para-hydroxylation sites is 1. The van der Waals surface area contributed by atoms with Gasteiger partial charge in [-0.05, 0) is 38.3 Å². The predicted molar refractivity (Wildman–Crippen MR) is 83.3 cm³/mol. The molecule has 3 rings (SSSR count). The molecule has 0 saturated carbocycles. The zero-order chi connectivity index (χ0) is 15.0. The average molecular weight is 288 g/mol. The summed E-state index contributed by atoms with van der Waals surface area (Å²) in [5.74, 6) is 0.226. The van der Waals surface area contributed by atoms with Crippen LogP contribution in [0, 0.1) is 5.92 Å². The molecule has 2 aliphatic heterocycles. The number of ether oxygens (including phenoxy) is 1. The summed E-state index contributed by atoms with van der Waals surface area (Å²) in [5.41, 5.74) is 2.40. The molecule has 4 heteroatoms. The molecule has 1 fully saturated rings. The summed E-state index contributed by atoms with van der Waals surface area (Å²) < 4.78 is 5.60. The van der Waals surface area contributed by atoms with E-state index in [1.54, 1.807) is 0 Å². The lowest BCUT2D eigenvalue weighted by Crippen LogP contribution is -2.49. The summed E-state index contributed by atoms with van der Waals surface area (Å²) in [4.78, 5) is 14.8. The van der Waals surface area contributed by atoms with Crippen molar-refractivity contribution < 1.29 is 9.53 Å². The molecule has 1 aromatic rings. The monoisotopic (exact) mass is 288 g/mol. The number of carbonyl (C=O) groups excluding carboxylic acids is 1. The highest BCUT2D eigenvalue weighted by molar-refractivity contribution is 5.81. The van der Waals surface area contributed by atoms with E-state index in [1.807, 2.05) is 24.1 Å². The minimum absolute atomic E-state index is 0.00213. The molecule has 4 unspecified atom stereocenters. The highest BCUT2D eigenvalue weighted by Gasteiger charge is 2.37. The van der Waals surface area contributed by atoms with Crippen molar-refractivity contribution in [2.24, 2.45) is 5.92 Å². The standard InChI is InChI=1S/C17H24N2O2/c1-11-14(10-13-6-4-5-7-15(13)18-11)17(20)19(3)16-8-9-21-12(16)2/h4-7,11-12,14,16,18H,8-10H2,1-3H3. The SMILES string of the molecule is CC1Nc2ccccc2CC1C(=O)N(C)C1CCOC1C. The zero-order valence-electron chi connectivity index (χ0n) is 13.0. The summed E-state index contributed by atoms with van der Waals surface area (Å²) in [7, 11) is 1.92. The van der Waals surface area contributed by atoms with Gasteiger partial charge >= 0.3 is 0 Å². The first kappa shape index (κ1) is 14.4. The number of hydrogen-bond acceptors (Lipinski definition) is 3. The first-order chi connectivity index (χ1) is 10.1. The minimum atomic E-state index is -0.00213. The van der Waals surface area contributed by atoms with Gasteiger partial charge < -0.3 is 15.0 Å². The zero-order valence-corrected chi connectivity index (χ0v) is 13.0. The van der Waals surface area contributed by atoms with Gasteiger partial charge in [0.1, 0.15) is 0 Å². The van der Waals surface area contributed by atoms with E-state index in [-0.39, 0.29) is 30.0 Å². The quantitative estimate of drug-likeness (QED) is 0.908. The molecule has 4 nitrogen and oxygen atoms in total. The van der Waals surface area contributed by atoms with Crippen LogP contribution in [0.4, 0.5) is 5.69 Å². The van der Waals surface area contributed by atoms with Gasteiger partial charge in [0.15, 0.2) is 0 Å². The van der Waals surface area contributed by atoms with Gasteiger partial charge in [0.05, 0.1) is 18.1 Å². The molecule has 1 saturated heterocycles. The number of nitrogens with one attached hydrogen (secondary N) is 1. The smallest absolute Gasteiger partial charge is 0.228 e. The van der Waals surface area contributed by atoms with E-state index < -0.39 is 0 Å². The number of rotatable bonds is 2. The van der Waals surface area contributed by atoms with Gasteiger partial charge in [-0.15, -0.1) is 0 Å². The van der Waals surface area contributed by atoms with E-state index in [1.165, 1.54) is 5.56 Å². The van der Waals surface area contributed by atoms with Crippen LogP contribution in [0.25, 0.3) is 0 Å². The van der Waals surface area contributed by atoms with Crippen LogP contribution in [-0.4, -0.2) is 42.6 Å². The Morgan fingerprint density at radius 3 is 2.81 bits per heavy atom. The van der Waals surface area contributed by atoms with Crippen LogP contribution in [0.1, 0.15) is 25.8 Å². The molecule has 1 amide bonds. The third kappa shape index (κ3) is 2.64. The molecule has 2 aliphatic rings. The molecule has 21 heavy (non-hydrogen) atoms. The Hall–Kier alpha value is -1.55. The van der Waals surface area contributed by atoms with Crippen LogP contribution in [0.3, 0.4) is 0 Å². The third-order valence-corrected chi connectivity index (χ3v) is 4.94. The van der Waals surface area contributed by atoms with Gasteiger partial charge in [-0.2, -0.15) is 0 Å². The fourth-order valence-electron chi connectivity index (χ4n) is 3.55. The fraction of sp³-hybridized carbons (Fsp3) is 0.588. The Bertz CT molecular complexity index is 531. The number of carbonyl (C=O) groups is 1. The Morgan fingerprint density at radius 2 is 2.10 bits per heavy atom. The van der Waals surface area contributed by atoms with E-state index in [2.05, 4.69) is 31.3 Å². The van der Waals surface area contributed by atoms with Crippen molar-refractivity contribution in [1.29, 1.82) is 0 Å². The lowest BCUT2D eigenvalue weighted by Gasteiger charge is -2.36. The summed E-state index contributed by atoms with van der Waals surface area (Å²) in [5, 5.41) is 3.47. The largest absolute Gasteiger partial charge is 0.382 e. The first-order valence-electron chi connectivity index (χ1n) is 7.80. The molecule has 0 bridgehead atoms. The van der Waals surface area contributed by atoms with Crippen LogP contribution in [0.2, 0.25) is 0 Å². The van der Waals surface area contributed by atoms with Gasteiger partial charge in [0, 0.05) is 25.4 Å². The van der Waals surface area contributed by atoms with Crippen molar-refractivity contribution in [3.8, 4) is 0 Å². The number of hydrogen-bond donors (Lipinski definition) is 1. The third-order valence-electron chi connectivity index (χ3n) is 4.94. The van der Waals surface area contributed by atoms with E-state index >= 15 is 0 Å². The number of amides is 1. The van der Waals surface area contributed by atoms with Crippen molar-refractivity contribution in [1.82, 2.24) is 4.90 Å². The molecule has 114 valence electrons. The first-order valence-corrected chi connectivity index (χ1v) is 7.80. The minimum Gasteiger partial charge on any atom is -0.382 e. The molecule has 1 N–H and O–H groups in total. The summed E-state index contributed by atoms with van der Waals surface area (Å²) in [6, 6.07) is 8.63. The number of anilines is 1. The number of likely N-dealkylation sites (N-methyl/N-ethyl adjacent to an activating group) is 1. The number of benzene rings is 1. The van der Waals surface area contributed by atoms with E-state index in [0.29, 0.717) is 0 Å². The molecule has 4 atom stereocenters. The van der Waals surface area contributed by atoms with E-state index in [9.17, 15) is 4.79 Å². The van der Waals surface area contributed by atoms with Crippen molar-refractivity contribution in [2.75, 3.05) is 19.0 Å². The maximum Gasteiger partial charge on any atom is 0.228 e. The molecular weight excluding hydrogens is 264 g/mol. The number of fused-ring (bicyclic) bond motifs is 1. The summed E-state index contributed by atoms with van der Waals surface area (Å²) >= 11 is 0. The van der Waals surface area contributed by atoms with E-state index in [4.69, 9.17) is 4.74 Å². The fourth-order valence-corrected chi connectivity index (χ4v) is 3.55. The average Bonchev–Trinajstić information content (AvgIpc) is 2.91. The van der Waals surface area contributed by atoms with E-state index in [0.717, 1.165) is 25.1 Å². The van der Waals surface area contributed by atoms with Gasteiger partial charge in [0.25, 0.3) is 0 Å². The van der Waals surface area contributed by atoms with Crippen LogP contribution in [0.5, 0.6) is 0 Å². The van der Waals surface area contributed by atoms with Gasteiger partial charge in [-0.25, -0.2) is 0 Å². The Morgan fingerprint density at radius 1 is 1.33 bits per heavy atom. The van der Waals surface area contributed by atoms with Crippen molar-refractivity contribution in [2.45, 2.75) is 44.9 Å². The topological polar surface area (TPSA) is 41.6 Å². The Labute approximate surface area is 126 Å². The van der Waals surface area contributed by atoms with Crippen molar-refractivity contribution in [3.63, 3.8) is 0 Å². The molecular formula is C17H24N2O2. The molecule has 1 aromatic carbocycles. The van der Waals surface area contributed by atoms with Gasteiger partial charge in [-0.1, -0.05) is 18.2 Å². The maximum absolute atomic E-state index is 12.9.